The molecule has 1 rings (SSSR count). The minimum Gasteiger partial charge on any atom is -0.395 e. The molecule has 4 heteroatoms. The van der Waals surface area contributed by atoms with Gasteiger partial charge in [-0.15, -0.1) is 0 Å². The van der Waals surface area contributed by atoms with Gasteiger partial charge in [-0.1, -0.05) is 13.8 Å². The van der Waals surface area contributed by atoms with Crippen LogP contribution in [0.1, 0.15) is 25.5 Å². The van der Waals surface area contributed by atoms with Gasteiger partial charge >= 0.3 is 0 Å². The molecular weight excluding hydrogens is 178 g/mol. The lowest BCUT2D eigenvalue weighted by Crippen LogP contribution is -2.22. The van der Waals surface area contributed by atoms with Gasteiger partial charge in [0.2, 0.25) is 0 Å². The van der Waals surface area contributed by atoms with E-state index < -0.39 is 0 Å². The number of anilines is 1. The fourth-order valence-corrected chi connectivity index (χ4v) is 1.15. The Labute approximate surface area is 84.6 Å². The maximum absolute atomic E-state index is 8.79. The summed E-state index contributed by atoms with van der Waals surface area (Å²) < 4.78 is 0. The maximum Gasteiger partial charge on any atom is 0.132 e. The molecule has 0 atom stereocenters. The summed E-state index contributed by atoms with van der Waals surface area (Å²) in [6.45, 7) is 4.92. The van der Waals surface area contributed by atoms with Gasteiger partial charge in [-0.25, -0.2) is 9.97 Å². The lowest BCUT2D eigenvalue weighted by atomic mass is 10.1. The average Bonchev–Trinajstić information content (AvgIpc) is 2.18. The standard InChI is InChI=1S/C10H17N3O/c1-8(2)9-6-10(12-7-11-9)13(3)4-5-14/h6-8,14H,4-5H2,1-3H3. The van der Waals surface area contributed by atoms with Crippen molar-refractivity contribution in [3.8, 4) is 0 Å². The van der Waals surface area contributed by atoms with Gasteiger partial charge in [-0.05, 0) is 5.92 Å². The number of hydrogen-bond donors (Lipinski definition) is 1. The SMILES string of the molecule is CC(C)c1cc(N(C)CCO)ncn1. The zero-order valence-electron chi connectivity index (χ0n) is 8.94. The van der Waals surface area contributed by atoms with Crippen LogP contribution >= 0.6 is 0 Å². The molecule has 1 N–H and O–H groups in total. The third kappa shape index (κ3) is 2.67. The van der Waals surface area contributed by atoms with Crippen LogP contribution in [-0.4, -0.2) is 35.3 Å². The van der Waals surface area contributed by atoms with Gasteiger partial charge in [0.05, 0.1) is 6.61 Å². The summed E-state index contributed by atoms with van der Waals surface area (Å²) in [4.78, 5) is 10.2. The zero-order valence-corrected chi connectivity index (χ0v) is 8.94. The highest BCUT2D eigenvalue weighted by Gasteiger charge is 2.05. The first-order valence-corrected chi connectivity index (χ1v) is 4.79. The van der Waals surface area contributed by atoms with Crippen molar-refractivity contribution in [2.24, 2.45) is 0 Å². The molecule has 0 fully saturated rings. The number of rotatable bonds is 4. The first-order valence-electron chi connectivity index (χ1n) is 4.79. The fourth-order valence-electron chi connectivity index (χ4n) is 1.15. The average molecular weight is 195 g/mol. The van der Waals surface area contributed by atoms with Crippen molar-refractivity contribution in [1.29, 1.82) is 0 Å². The molecule has 1 heterocycles. The Balaban J connectivity index is 2.82. The minimum atomic E-state index is 0.136. The lowest BCUT2D eigenvalue weighted by Gasteiger charge is -2.17. The number of aliphatic hydroxyl groups is 1. The Morgan fingerprint density at radius 2 is 2.14 bits per heavy atom. The first-order chi connectivity index (χ1) is 6.65. The quantitative estimate of drug-likeness (QED) is 0.779. The number of aromatic nitrogens is 2. The van der Waals surface area contributed by atoms with Gasteiger partial charge in [0.15, 0.2) is 0 Å². The normalized spacial score (nSPS) is 10.6. The van der Waals surface area contributed by atoms with Crippen LogP contribution < -0.4 is 4.90 Å². The Hall–Kier alpha value is -1.16. The number of nitrogens with zero attached hydrogens (tertiary/aromatic N) is 3. The number of likely N-dealkylation sites (N-methyl/N-ethyl adjacent to an activating group) is 1. The molecule has 78 valence electrons. The van der Waals surface area contributed by atoms with Crippen LogP contribution in [0.25, 0.3) is 0 Å². The number of hydrogen-bond acceptors (Lipinski definition) is 4. The monoisotopic (exact) mass is 195 g/mol. The predicted octanol–water partition coefficient (Wildman–Crippen LogP) is 1.03. The minimum absolute atomic E-state index is 0.136. The van der Waals surface area contributed by atoms with Crippen molar-refractivity contribution in [3.05, 3.63) is 18.1 Å². The van der Waals surface area contributed by atoms with E-state index in [0.29, 0.717) is 12.5 Å². The van der Waals surface area contributed by atoms with Crippen molar-refractivity contribution in [2.75, 3.05) is 25.1 Å². The van der Waals surface area contributed by atoms with Crippen molar-refractivity contribution in [3.63, 3.8) is 0 Å². The highest BCUT2D eigenvalue weighted by molar-refractivity contribution is 5.38. The van der Waals surface area contributed by atoms with Gasteiger partial charge in [0.1, 0.15) is 12.1 Å². The summed E-state index contributed by atoms with van der Waals surface area (Å²) in [5, 5.41) is 8.79. The maximum atomic E-state index is 8.79. The molecule has 1 aromatic heterocycles. The highest BCUT2D eigenvalue weighted by Crippen LogP contribution is 2.15. The molecule has 0 aliphatic carbocycles. The smallest absolute Gasteiger partial charge is 0.132 e. The largest absolute Gasteiger partial charge is 0.395 e. The van der Waals surface area contributed by atoms with Crippen LogP contribution in [0.4, 0.5) is 5.82 Å². The summed E-state index contributed by atoms with van der Waals surface area (Å²) in [7, 11) is 1.91. The van der Waals surface area contributed by atoms with Crippen LogP contribution in [0.3, 0.4) is 0 Å². The van der Waals surface area contributed by atoms with Crippen molar-refractivity contribution in [1.82, 2.24) is 9.97 Å². The van der Waals surface area contributed by atoms with Crippen LogP contribution in [0, 0.1) is 0 Å². The Morgan fingerprint density at radius 1 is 1.43 bits per heavy atom. The van der Waals surface area contributed by atoms with Crippen LogP contribution in [0.5, 0.6) is 0 Å². The molecule has 0 amide bonds. The van der Waals surface area contributed by atoms with Gasteiger partial charge in [-0.2, -0.15) is 0 Å². The van der Waals surface area contributed by atoms with Crippen LogP contribution in [0.2, 0.25) is 0 Å². The molecular formula is C10H17N3O. The Bertz CT molecular complexity index is 288. The number of aliphatic hydroxyl groups excluding tert-OH is 1. The van der Waals surface area contributed by atoms with E-state index >= 15 is 0 Å². The molecule has 0 aliphatic heterocycles. The summed E-state index contributed by atoms with van der Waals surface area (Å²) in [5.41, 5.74) is 1.03. The van der Waals surface area contributed by atoms with E-state index in [-0.39, 0.29) is 6.61 Å². The molecule has 0 bridgehead atoms. The van der Waals surface area contributed by atoms with Crippen molar-refractivity contribution < 1.29 is 5.11 Å². The molecule has 0 unspecified atom stereocenters. The molecule has 0 aromatic carbocycles. The van der Waals surface area contributed by atoms with Gasteiger partial charge in [0.25, 0.3) is 0 Å². The molecule has 0 aliphatic rings. The first kappa shape index (κ1) is 10.9. The molecule has 1 aromatic rings. The summed E-state index contributed by atoms with van der Waals surface area (Å²) in [6.07, 6.45) is 1.57. The van der Waals surface area contributed by atoms with Crippen molar-refractivity contribution >= 4 is 5.82 Å². The van der Waals surface area contributed by atoms with E-state index in [1.807, 2.05) is 18.0 Å². The molecule has 4 nitrogen and oxygen atoms in total. The van der Waals surface area contributed by atoms with E-state index in [1.54, 1.807) is 6.33 Å². The lowest BCUT2D eigenvalue weighted by molar-refractivity contribution is 0.304. The third-order valence-corrected chi connectivity index (χ3v) is 2.09. The van der Waals surface area contributed by atoms with E-state index in [9.17, 15) is 0 Å². The molecule has 0 radical (unpaired) electrons. The second-order valence-corrected chi connectivity index (χ2v) is 3.60. The topological polar surface area (TPSA) is 49.2 Å². The van der Waals surface area contributed by atoms with Gasteiger partial charge in [-0.3, -0.25) is 0 Å². The summed E-state index contributed by atoms with van der Waals surface area (Å²) >= 11 is 0. The van der Waals surface area contributed by atoms with E-state index in [1.165, 1.54) is 0 Å². The van der Waals surface area contributed by atoms with Gasteiger partial charge in [0, 0.05) is 25.4 Å². The molecule has 14 heavy (non-hydrogen) atoms. The second kappa shape index (κ2) is 4.91. The zero-order chi connectivity index (χ0) is 10.6. The fraction of sp³-hybridized carbons (Fsp3) is 0.600. The van der Waals surface area contributed by atoms with Crippen molar-refractivity contribution in [2.45, 2.75) is 19.8 Å². The van der Waals surface area contributed by atoms with E-state index in [2.05, 4.69) is 23.8 Å². The molecule has 0 saturated heterocycles. The highest BCUT2D eigenvalue weighted by atomic mass is 16.3. The van der Waals surface area contributed by atoms with Crippen LogP contribution in [-0.2, 0) is 0 Å². The molecule has 0 spiro atoms. The third-order valence-electron chi connectivity index (χ3n) is 2.09. The summed E-state index contributed by atoms with van der Waals surface area (Å²) in [5.74, 6) is 1.26. The summed E-state index contributed by atoms with van der Waals surface area (Å²) in [6, 6.07) is 1.96. The Morgan fingerprint density at radius 3 is 2.71 bits per heavy atom. The second-order valence-electron chi connectivity index (χ2n) is 3.60. The van der Waals surface area contributed by atoms with Gasteiger partial charge < -0.3 is 10.0 Å². The predicted molar refractivity (Wildman–Crippen MR) is 56.5 cm³/mol. The van der Waals surface area contributed by atoms with E-state index in [4.69, 9.17) is 5.11 Å². The van der Waals surface area contributed by atoms with Crippen LogP contribution in [0.15, 0.2) is 12.4 Å². The van der Waals surface area contributed by atoms with E-state index in [0.717, 1.165) is 11.5 Å². The molecule has 0 saturated carbocycles. The Kier molecular flexibility index (Phi) is 3.83.